The lowest BCUT2D eigenvalue weighted by Gasteiger charge is -2.37. The lowest BCUT2D eigenvalue weighted by molar-refractivity contribution is -0.142. The van der Waals surface area contributed by atoms with Gasteiger partial charge in [-0.05, 0) is 45.9 Å². The highest BCUT2D eigenvalue weighted by Gasteiger charge is 2.38. The van der Waals surface area contributed by atoms with E-state index in [9.17, 15) is 9.59 Å². The molecule has 0 saturated heterocycles. The molecular formula is C29H29N5O4S2. The lowest BCUT2D eigenvalue weighted by atomic mass is 10.0. The van der Waals surface area contributed by atoms with Crippen molar-refractivity contribution in [3.05, 3.63) is 76.4 Å². The monoisotopic (exact) mass is 575 g/mol. The fourth-order valence-electron chi connectivity index (χ4n) is 4.20. The van der Waals surface area contributed by atoms with E-state index in [2.05, 4.69) is 15.3 Å². The fourth-order valence-corrected chi connectivity index (χ4v) is 5.82. The Hall–Kier alpha value is -3.96. The summed E-state index contributed by atoms with van der Waals surface area (Å²) in [6.07, 6.45) is 0. The number of aryl methyl sites for hydroxylation is 2. The largest absolute Gasteiger partial charge is 0.454 e. The third-order valence-electron chi connectivity index (χ3n) is 6.36. The van der Waals surface area contributed by atoms with Gasteiger partial charge in [-0.1, -0.05) is 42.1 Å². The maximum absolute atomic E-state index is 13.7. The highest BCUT2D eigenvalue weighted by Crippen LogP contribution is 2.35. The van der Waals surface area contributed by atoms with Gasteiger partial charge in [0.25, 0.3) is 0 Å². The van der Waals surface area contributed by atoms with E-state index in [1.54, 1.807) is 36.9 Å². The van der Waals surface area contributed by atoms with Crippen LogP contribution in [0.4, 0.5) is 5.69 Å². The number of thioether (sulfide) groups is 1. The minimum Gasteiger partial charge on any atom is -0.454 e. The number of carbonyl (C=O) groups is 2. The first kappa shape index (κ1) is 27.6. The average molecular weight is 576 g/mol. The van der Waals surface area contributed by atoms with Gasteiger partial charge in [-0.2, -0.15) is 0 Å². The predicted molar refractivity (Wildman–Crippen MR) is 156 cm³/mol. The number of thiazole rings is 1. The molecule has 4 aromatic rings. The quantitative estimate of drug-likeness (QED) is 0.206. The molecule has 0 radical (unpaired) electrons. The molecule has 0 atom stereocenters. The topological polar surface area (TPSA) is 107 Å². The summed E-state index contributed by atoms with van der Waals surface area (Å²) in [6.45, 7) is 7.56. The van der Waals surface area contributed by atoms with Crippen LogP contribution >= 0.6 is 23.1 Å². The maximum atomic E-state index is 13.7. The molecule has 206 valence electrons. The summed E-state index contributed by atoms with van der Waals surface area (Å²) >= 11 is 2.71. The zero-order valence-electron chi connectivity index (χ0n) is 22.6. The fraction of sp³-hybridized carbons (Fsp3) is 0.276. The molecule has 5 rings (SSSR count). The number of fused-ring (bicyclic) bond motifs is 1. The molecule has 0 unspecified atom stereocenters. The molecule has 2 aromatic carbocycles. The normalized spacial score (nSPS) is 12.3. The van der Waals surface area contributed by atoms with E-state index in [0.717, 1.165) is 27.7 Å². The van der Waals surface area contributed by atoms with Crippen molar-refractivity contribution in [3.8, 4) is 22.8 Å². The van der Waals surface area contributed by atoms with Crippen molar-refractivity contribution < 1.29 is 19.1 Å². The molecule has 0 fully saturated rings. The van der Waals surface area contributed by atoms with Crippen LogP contribution in [0.5, 0.6) is 11.5 Å². The number of aromatic nitrogens is 3. The Morgan fingerprint density at radius 1 is 1.00 bits per heavy atom. The average Bonchev–Trinajstić information content (AvgIpc) is 3.60. The van der Waals surface area contributed by atoms with Crippen molar-refractivity contribution >= 4 is 40.6 Å². The second-order valence-electron chi connectivity index (χ2n) is 9.78. The van der Waals surface area contributed by atoms with Crippen LogP contribution < -0.4 is 14.8 Å². The van der Waals surface area contributed by atoms with Crippen LogP contribution in [0.1, 0.15) is 30.2 Å². The Morgan fingerprint density at radius 3 is 2.48 bits per heavy atom. The second kappa shape index (κ2) is 11.6. The Morgan fingerprint density at radius 2 is 1.73 bits per heavy atom. The third kappa shape index (κ3) is 6.26. The summed E-state index contributed by atoms with van der Waals surface area (Å²) in [5, 5.41) is 6.15. The molecule has 2 aromatic heterocycles. The standard InChI is InChI=1S/C29H29N5O4S2/c1-18-12-19(2)31-28(30-18)40-16-26(35)34(14-25-33-22(15-39-25)20-8-6-5-7-9-20)29(3,4)27(36)32-21-10-11-23-24(13-21)38-17-37-23/h5-13,15H,14,16-17H2,1-4H3,(H,32,36). The summed E-state index contributed by atoms with van der Waals surface area (Å²) in [4.78, 5) is 42.6. The van der Waals surface area contributed by atoms with E-state index in [1.807, 2.05) is 55.6 Å². The third-order valence-corrected chi connectivity index (χ3v) is 8.03. The predicted octanol–water partition coefficient (Wildman–Crippen LogP) is 5.48. The number of hydrogen-bond acceptors (Lipinski definition) is 9. The maximum Gasteiger partial charge on any atom is 0.249 e. The number of nitrogens with zero attached hydrogens (tertiary/aromatic N) is 4. The molecule has 11 heteroatoms. The van der Waals surface area contributed by atoms with Gasteiger partial charge in [0.2, 0.25) is 18.6 Å². The Labute approximate surface area is 241 Å². The van der Waals surface area contributed by atoms with Crippen molar-refractivity contribution in [2.75, 3.05) is 17.9 Å². The summed E-state index contributed by atoms with van der Waals surface area (Å²) in [5.74, 6) is 0.685. The van der Waals surface area contributed by atoms with Gasteiger partial charge < -0.3 is 19.7 Å². The SMILES string of the molecule is Cc1cc(C)nc(SCC(=O)N(Cc2nc(-c3ccccc3)cs2)C(C)(C)C(=O)Nc2ccc3c(c2)OCO3)n1. The molecule has 0 spiro atoms. The van der Waals surface area contributed by atoms with Crippen LogP contribution in [0.2, 0.25) is 0 Å². The summed E-state index contributed by atoms with van der Waals surface area (Å²) in [7, 11) is 0. The molecule has 40 heavy (non-hydrogen) atoms. The van der Waals surface area contributed by atoms with Crippen molar-refractivity contribution in [2.24, 2.45) is 0 Å². The molecule has 1 aliphatic heterocycles. The van der Waals surface area contributed by atoms with Crippen LogP contribution in [-0.2, 0) is 16.1 Å². The van der Waals surface area contributed by atoms with Gasteiger partial charge in [-0.3, -0.25) is 9.59 Å². The number of amides is 2. The number of benzene rings is 2. The highest BCUT2D eigenvalue weighted by molar-refractivity contribution is 7.99. The van der Waals surface area contributed by atoms with Crippen molar-refractivity contribution in [2.45, 2.75) is 44.9 Å². The zero-order valence-corrected chi connectivity index (χ0v) is 24.3. The Kier molecular flexibility index (Phi) is 8.04. The number of nitrogens with one attached hydrogen (secondary N) is 1. The van der Waals surface area contributed by atoms with Crippen LogP contribution in [0.3, 0.4) is 0 Å². The molecule has 0 aliphatic carbocycles. The minimum absolute atomic E-state index is 0.0700. The number of carbonyl (C=O) groups excluding carboxylic acids is 2. The number of ether oxygens (including phenoxy) is 2. The molecule has 9 nitrogen and oxygen atoms in total. The van der Waals surface area contributed by atoms with Crippen LogP contribution in [0.15, 0.2) is 65.1 Å². The van der Waals surface area contributed by atoms with Crippen molar-refractivity contribution in [3.63, 3.8) is 0 Å². The van der Waals surface area contributed by atoms with Crippen molar-refractivity contribution in [1.82, 2.24) is 19.9 Å². The second-order valence-corrected chi connectivity index (χ2v) is 11.7. The Balaban J connectivity index is 1.38. The van der Waals surface area contributed by atoms with E-state index in [4.69, 9.17) is 14.5 Å². The van der Waals surface area contributed by atoms with E-state index >= 15 is 0 Å². The van der Waals surface area contributed by atoms with Gasteiger partial charge in [0.1, 0.15) is 10.5 Å². The molecule has 3 heterocycles. The smallest absolute Gasteiger partial charge is 0.249 e. The first-order valence-electron chi connectivity index (χ1n) is 12.7. The van der Waals surface area contributed by atoms with E-state index in [-0.39, 0.29) is 30.9 Å². The molecule has 0 bridgehead atoms. The minimum atomic E-state index is -1.21. The van der Waals surface area contributed by atoms with Crippen LogP contribution in [0, 0.1) is 13.8 Å². The number of anilines is 1. The van der Waals surface area contributed by atoms with Gasteiger partial charge >= 0.3 is 0 Å². The van der Waals surface area contributed by atoms with E-state index in [1.165, 1.54) is 23.1 Å². The molecule has 1 N–H and O–H groups in total. The molecule has 0 saturated carbocycles. The first-order valence-corrected chi connectivity index (χ1v) is 14.5. The van der Waals surface area contributed by atoms with Crippen LogP contribution in [-0.4, -0.2) is 49.8 Å². The number of rotatable bonds is 9. The van der Waals surface area contributed by atoms with Crippen molar-refractivity contribution in [1.29, 1.82) is 0 Å². The van der Waals surface area contributed by atoms with Gasteiger partial charge in [0.15, 0.2) is 16.7 Å². The molecule has 2 amide bonds. The number of hydrogen-bond donors (Lipinski definition) is 1. The Bertz CT molecular complexity index is 1520. The summed E-state index contributed by atoms with van der Waals surface area (Å²) < 4.78 is 10.8. The van der Waals surface area contributed by atoms with E-state index in [0.29, 0.717) is 22.3 Å². The van der Waals surface area contributed by atoms with Gasteiger partial charge in [-0.25, -0.2) is 15.0 Å². The van der Waals surface area contributed by atoms with Crippen LogP contribution in [0.25, 0.3) is 11.3 Å². The van der Waals surface area contributed by atoms with Gasteiger partial charge in [-0.15, -0.1) is 11.3 Å². The van der Waals surface area contributed by atoms with E-state index < -0.39 is 5.54 Å². The molecule has 1 aliphatic rings. The summed E-state index contributed by atoms with van der Waals surface area (Å²) in [6, 6.07) is 16.9. The first-order chi connectivity index (χ1) is 19.2. The lowest BCUT2D eigenvalue weighted by Crippen LogP contribution is -2.55. The van der Waals surface area contributed by atoms with Gasteiger partial charge in [0, 0.05) is 34.1 Å². The summed E-state index contributed by atoms with van der Waals surface area (Å²) in [5.41, 5.74) is 2.82. The zero-order chi connectivity index (χ0) is 28.3. The molecular weight excluding hydrogens is 546 g/mol. The van der Waals surface area contributed by atoms with Gasteiger partial charge in [0.05, 0.1) is 18.0 Å². The highest BCUT2D eigenvalue weighted by atomic mass is 32.2.